The van der Waals surface area contributed by atoms with Crippen molar-refractivity contribution in [3.63, 3.8) is 0 Å². The van der Waals surface area contributed by atoms with E-state index in [1.807, 2.05) is 0 Å². The van der Waals surface area contributed by atoms with Crippen molar-refractivity contribution in [3.8, 4) is 0 Å². The number of hydrogen-bond acceptors (Lipinski definition) is 1. The van der Waals surface area contributed by atoms with Crippen LogP contribution < -0.4 is 0 Å². The second kappa shape index (κ2) is 9.03. The molecule has 0 unspecified atom stereocenters. The molecule has 2 N–H and O–H groups in total. The van der Waals surface area contributed by atoms with E-state index < -0.39 is 6.09 Å². The summed E-state index contributed by atoms with van der Waals surface area (Å²) in [5.74, 6) is 0. The molecule has 0 saturated heterocycles. The molecule has 0 rings (SSSR count). The van der Waals surface area contributed by atoms with Crippen LogP contribution in [0.5, 0.6) is 0 Å². The average Bonchev–Trinajstić information content (AvgIpc) is 0.811. The van der Waals surface area contributed by atoms with Crippen molar-refractivity contribution in [2.45, 2.75) is 0 Å². The van der Waals surface area contributed by atoms with Gasteiger partial charge < -0.3 is 18.3 Å². The Balaban J connectivity index is -0.0000000450. The van der Waals surface area contributed by atoms with Crippen LogP contribution in [0.15, 0.2) is 0 Å². The molecule has 0 atom stereocenters. The molecule has 1 amide bonds. The van der Waals surface area contributed by atoms with Crippen molar-refractivity contribution in [3.05, 3.63) is 13.2 Å². The average molecular weight is 164 g/mol. The first-order chi connectivity index (χ1) is 1.73. The first kappa shape index (κ1) is 16.2. The third-order valence-electron chi connectivity index (χ3n) is 0. The van der Waals surface area contributed by atoms with E-state index in [9.17, 15) is 0 Å². The fourth-order valence-electron chi connectivity index (χ4n) is 0. The normalized spacial score (nSPS) is 4.00. The number of amides is 1. The molecule has 0 aliphatic heterocycles. The number of nitrogens with one attached hydrogen (secondary N) is 1. The Bertz CT molecular complexity index is 34.5. The second-order valence-corrected chi connectivity index (χ2v) is 0.305. The Morgan fingerprint density at radius 1 is 1.67 bits per heavy atom. The minimum atomic E-state index is -1.58. The van der Waals surface area contributed by atoms with Gasteiger partial charge in [-0.25, -0.2) is 0 Å². The maximum atomic E-state index is 8.67. The van der Waals surface area contributed by atoms with Crippen molar-refractivity contribution in [2.24, 2.45) is 0 Å². The maximum Gasteiger partial charge on any atom is 0.224 e. The monoisotopic (exact) mass is 164 g/mol. The number of carbonyl (C=O) groups is 1. The van der Waals surface area contributed by atoms with E-state index in [2.05, 4.69) is 0 Å². The van der Waals surface area contributed by atoms with Gasteiger partial charge in [0, 0.05) is 32.7 Å². The first-order valence-corrected chi connectivity index (χ1v) is 0.678. The van der Waals surface area contributed by atoms with Crippen LogP contribution in [0, 0.1) is 7.43 Å². The van der Waals surface area contributed by atoms with Crippen LogP contribution in [0.3, 0.4) is 0 Å². The van der Waals surface area contributed by atoms with Gasteiger partial charge in [-0.2, -0.15) is 0 Å². The molecule has 0 aliphatic rings. The summed E-state index contributed by atoms with van der Waals surface area (Å²) in [5.41, 5.74) is 5.50. The van der Waals surface area contributed by atoms with Gasteiger partial charge in [-0.05, 0) is 0 Å². The summed E-state index contributed by atoms with van der Waals surface area (Å²) in [4.78, 5) is 8.67. The van der Waals surface area contributed by atoms with Gasteiger partial charge in [-0.1, -0.05) is 0 Å². The van der Waals surface area contributed by atoms with Gasteiger partial charge in [0.2, 0.25) is 6.09 Å². The van der Waals surface area contributed by atoms with Gasteiger partial charge >= 0.3 is 0 Å². The van der Waals surface area contributed by atoms with Crippen LogP contribution in [0.4, 0.5) is 4.79 Å². The van der Waals surface area contributed by atoms with Gasteiger partial charge in [0.25, 0.3) is 0 Å². The molecule has 0 bridgehead atoms. The van der Waals surface area contributed by atoms with Crippen LogP contribution in [0.25, 0.3) is 5.73 Å². The smallest absolute Gasteiger partial charge is 0.224 e. The summed E-state index contributed by atoms with van der Waals surface area (Å²) in [7, 11) is 0. The SMILES string of the molecule is [CH3-].[NH-]C(=O)O.[Y]. The van der Waals surface area contributed by atoms with Gasteiger partial charge in [0.1, 0.15) is 0 Å². The van der Waals surface area contributed by atoms with Gasteiger partial charge in [0.05, 0.1) is 0 Å². The second-order valence-electron chi connectivity index (χ2n) is 0.305. The molecule has 0 fully saturated rings. The largest absolute Gasteiger partial charge is 0.632 e. The third kappa shape index (κ3) is 356. The summed E-state index contributed by atoms with van der Waals surface area (Å²) in [6.07, 6.45) is -1.58. The molecule has 0 spiro atoms. The van der Waals surface area contributed by atoms with Crippen molar-refractivity contribution in [2.75, 3.05) is 0 Å². The third-order valence-corrected chi connectivity index (χ3v) is 0. The molecule has 35 valence electrons. The summed E-state index contributed by atoms with van der Waals surface area (Å²) >= 11 is 0. The summed E-state index contributed by atoms with van der Waals surface area (Å²) in [5, 5.41) is 7.08. The van der Waals surface area contributed by atoms with Gasteiger partial charge in [-0.3, -0.25) is 4.79 Å². The molecule has 1 radical (unpaired) electrons. The van der Waals surface area contributed by atoms with E-state index in [4.69, 9.17) is 15.6 Å². The molecule has 0 aromatic carbocycles. The summed E-state index contributed by atoms with van der Waals surface area (Å²) in [6.45, 7) is 0. The van der Waals surface area contributed by atoms with Crippen LogP contribution in [0.1, 0.15) is 0 Å². The zero-order chi connectivity index (χ0) is 3.58. The minimum absolute atomic E-state index is 0. The predicted octanol–water partition coefficient (Wildman–Crippen LogP) is 1.16. The van der Waals surface area contributed by atoms with Crippen molar-refractivity contribution in [1.82, 2.24) is 0 Å². The van der Waals surface area contributed by atoms with Crippen molar-refractivity contribution < 1.29 is 42.6 Å². The maximum absolute atomic E-state index is 8.67. The fourth-order valence-corrected chi connectivity index (χ4v) is 0. The quantitative estimate of drug-likeness (QED) is 0.546. The van der Waals surface area contributed by atoms with E-state index in [0.717, 1.165) is 0 Å². The van der Waals surface area contributed by atoms with Crippen LogP contribution >= 0.6 is 0 Å². The van der Waals surface area contributed by atoms with E-state index in [1.54, 1.807) is 0 Å². The van der Waals surface area contributed by atoms with Crippen molar-refractivity contribution in [1.29, 1.82) is 0 Å². The fraction of sp³-hybridized carbons (Fsp3) is 0. The Kier molecular flexibility index (Phi) is 24.3. The molecule has 0 heterocycles. The van der Waals surface area contributed by atoms with Crippen molar-refractivity contribution >= 4 is 6.09 Å². The predicted molar refractivity (Wildman–Crippen MR) is 18.8 cm³/mol. The Morgan fingerprint density at radius 3 is 1.67 bits per heavy atom. The van der Waals surface area contributed by atoms with Crippen LogP contribution in [-0.4, -0.2) is 11.2 Å². The molecule has 0 aliphatic carbocycles. The Hall–Kier alpha value is 0.374. The Labute approximate surface area is 61.8 Å². The van der Waals surface area contributed by atoms with E-state index in [-0.39, 0.29) is 40.1 Å². The molecule has 0 aromatic rings. The van der Waals surface area contributed by atoms with Crippen LogP contribution in [-0.2, 0) is 32.7 Å². The minimum Gasteiger partial charge on any atom is -0.632 e. The molecule has 6 heavy (non-hydrogen) atoms. The van der Waals surface area contributed by atoms with Crippen LogP contribution in [0.2, 0.25) is 0 Å². The molecule has 0 saturated carbocycles. The Morgan fingerprint density at radius 2 is 1.67 bits per heavy atom. The van der Waals surface area contributed by atoms with Gasteiger partial charge in [0.15, 0.2) is 0 Å². The molecule has 0 aromatic heterocycles. The molecule has 4 heteroatoms. The topological polar surface area (TPSA) is 61.1 Å². The van der Waals surface area contributed by atoms with E-state index in [1.165, 1.54) is 0 Å². The molecular formula is C2H5NO2Y-2. The number of rotatable bonds is 0. The molecular weight excluding hydrogens is 159 g/mol. The standard InChI is InChI=1S/CH2NO2.CH3.Y/c2-1(3)4;;/h2H,(H,3,4);1H3;/q2*-1;. The summed E-state index contributed by atoms with van der Waals surface area (Å²) in [6, 6.07) is 0. The number of carboxylic acid groups (broad SMARTS) is 1. The van der Waals surface area contributed by atoms with Gasteiger partial charge in [-0.15, -0.1) is 0 Å². The molecule has 3 nitrogen and oxygen atoms in total. The summed E-state index contributed by atoms with van der Waals surface area (Å²) < 4.78 is 0. The first-order valence-electron chi connectivity index (χ1n) is 0.678. The van der Waals surface area contributed by atoms with E-state index in [0.29, 0.717) is 0 Å². The zero-order valence-electron chi connectivity index (χ0n) is 3.43. The number of hydrogen-bond donors (Lipinski definition) is 1. The van der Waals surface area contributed by atoms with E-state index >= 15 is 0 Å². The zero-order valence-corrected chi connectivity index (χ0v) is 6.27.